The van der Waals surface area contributed by atoms with E-state index in [9.17, 15) is 4.79 Å². The molecule has 2 heterocycles. The molecule has 130 valence electrons. The predicted molar refractivity (Wildman–Crippen MR) is 101 cm³/mol. The van der Waals surface area contributed by atoms with Crippen LogP contribution in [0.25, 0.3) is 0 Å². The van der Waals surface area contributed by atoms with Gasteiger partial charge in [-0.3, -0.25) is 4.79 Å². The Balaban J connectivity index is 1.78. The van der Waals surface area contributed by atoms with E-state index in [1.54, 1.807) is 10.7 Å². The van der Waals surface area contributed by atoms with Gasteiger partial charge >= 0.3 is 0 Å². The Morgan fingerprint density at radius 1 is 1.19 bits per heavy atom. The van der Waals surface area contributed by atoms with Crippen LogP contribution in [-0.4, -0.2) is 20.7 Å². The largest absolute Gasteiger partial charge is 0.328 e. The standard InChI is InChI=1S/C19H16ClN5O/c1-12-16(18(26)24-15-8-3-2-4-9-15)17(13-6-5-7-14(20)10-13)25-19(23-12)21-11-22-25/h2-11,17H,1H3,(H,24,26)(H,21,22,23)/t17-/m1/s1. The van der Waals surface area contributed by atoms with Gasteiger partial charge < -0.3 is 10.6 Å². The molecule has 0 bridgehead atoms. The molecule has 0 fully saturated rings. The van der Waals surface area contributed by atoms with Crippen LogP contribution in [0.5, 0.6) is 0 Å². The molecular formula is C19H16ClN5O. The third kappa shape index (κ3) is 2.95. The molecule has 1 atom stereocenters. The SMILES string of the molecule is CC1=C(C(=O)Nc2ccccc2)[C@@H](c2cccc(Cl)c2)n2ncnc2N1. The van der Waals surface area contributed by atoms with Gasteiger partial charge in [-0.15, -0.1) is 0 Å². The van der Waals surface area contributed by atoms with Gasteiger partial charge in [0.05, 0.1) is 5.57 Å². The number of hydrogen-bond acceptors (Lipinski definition) is 4. The zero-order chi connectivity index (χ0) is 18.1. The molecule has 6 nitrogen and oxygen atoms in total. The van der Waals surface area contributed by atoms with Gasteiger partial charge in [0.25, 0.3) is 5.91 Å². The highest BCUT2D eigenvalue weighted by atomic mass is 35.5. The van der Waals surface area contributed by atoms with Crippen LogP contribution >= 0.6 is 11.6 Å². The summed E-state index contributed by atoms with van der Waals surface area (Å²) in [6.07, 6.45) is 1.46. The molecule has 1 aliphatic heterocycles. The van der Waals surface area contributed by atoms with Gasteiger partial charge in [0.15, 0.2) is 0 Å². The van der Waals surface area contributed by atoms with Crippen LogP contribution in [0.15, 0.2) is 72.2 Å². The lowest BCUT2D eigenvalue weighted by atomic mass is 9.95. The highest BCUT2D eigenvalue weighted by molar-refractivity contribution is 6.30. The summed E-state index contributed by atoms with van der Waals surface area (Å²) in [5.74, 6) is 0.385. The molecule has 2 N–H and O–H groups in total. The van der Waals surface area contributed by atoms with Crippen molar-refractivity contribution in [2.75, 3.05) is 10.6 Å². The van der Waals surface area contributed by atoms with Crippen LogP contribution in [0.2, 0.25) is 5.02 Å². The number of para-hydroxylation sites is 1. The van der Waals surface area contributed by atoms with Crippen molar-refractivity contribution in [1.29, 1.82) is 0 Å². The average Bonchev–Trinajstić information content (AvgIpc) is 3.09. The summed E-state index contributed by atoms with van der Waals surface area (Å²) < 4.78 is 1.69. The van der Waals surface area contributed by atoms with E-state index >= 15 is 0 Å². The third-order valence-electron chi connectivity index (χ3n) is 4.24. The Morgan fingerprint density at radius 2 is 2.00 bits per heavy atom. The van der Waals surface area contributed by atoms with Crippen LogP contribution in [0, 0.1) is 0 Å². The van der Waals surface area contributed by atoms with Gasteiger partial charge in [-0.25, -0.2) is 4.68 Å². The maximum Gasteiger partial charge on any atom is 0.255 e. The quantitative estimate of drug-likeness (QED) is 0.739. The molecule has 2 aromatic carbocycles. The molecule has 0 aliphatic carbocycles. The maximum absolute atomic E-state index is 13.1. The second kappa shape index (κ2) is 6.65. The summed E-state index contributed by atoms with van der Waals surface area (Å²) in [7, 11) is 0. The van der Waals surface area contributed by atoms with Gasteiger partial charge in [-0.05, 0) is 36.8 Å². The monoisotopic (exact) mass is 365 g/mol. The van der Waals surface area contributed by atoms with E-state index in [0.717, 1.165) is 16.9 Å². The number of benzene rings is 2. The highest BCUT2D eigenvalue weighted by Gasteiger charge is 2.33. The van der Waals surface area contributed by atoms with E-state index in [0.29, 0.717) is 16.5 Å². The number of aromatic nitrogens is 3. The molecule has 1 aliphatic rings. The number of carbonyl (C=O) groups is 1. The fraction of sp³-hybridized carbons (Fsp3) is 0.105. The van der Waals surface area contributed by atoms with E-state index in [1.807, 2.05) is 55.5 Å². The van der Waals surface area contributed by atoms with Crippen molar-refractivity contribution in [3.05, 3.63) is 82.8 Å². The fourth-order valence-electron chi connectivity index (χ4n) is 3.09. The molecule has 0 spiro atoms. The Hall–Kier alpha value is -3.12. The van der Waals surface area contributed by atoms with Crippen molar-refractivity contribution in [3.8, 4) is 0 Å². The number of hydrogen-bond donors (Lipinski definition) is 2. The van der Waals surface area contributed by atoms with Crippen molar-refractivity contribution < 1.29 is 4.79 Å². The second-order valence-electron chi connectivity index (χ2n) is 5.97. The Bertz CT molecular complexity index is 996. The normalized spacial score (nSPS) is 16.0. The number of allylic oxidation sites excluding steroid dienone is 1. The molecule has 0 radical (unpaired) electrons. The lowest BCUT2D eigenvalue weighted by Crippen LogP contribution is -2.31. The first-order valence-electron chi connectivity index (χ1n) is 8.12. The number of halogens is 1. The summed E-state index contributed by atoms with van der Waals surface area (Å²) in [5, 5.41) is 11.0. The minimum Gasteiger partial charge on any atom is -0.328 e. The zero-order valence-corrected chi connectivity index (χ0v) is 14.7. The van der Waals surface area contributed by atoms with Gasteiger partial charge in [-0.1, -0.05) is 41.9 Å². The van der Waals surface area contributed by atoms with Crippen LogP contribution in [-0.2, 0) is 4.79 Å². The van der Waals surface area contributed by atoms with Crippen LogP contribution < -0.4 is 10.6 Å². The Kier molecular flexibility index (Phi) is 4.18. The molecule has 26 heavy (non-hydrogen) atoms. The number of amides is 1. The lowest BCUT2D eigenvalue weighted by Gasteiger charge is -2.28. The molecule has 0 saturated carbocycles. The highest BCUT2D eigenvalue weighted by Crippen LogP contribution is 2.35. The van der Waals surface area contributed by atoms with Crippen LogP contribution in [0.1, 0.15) is 18.5 Å². The van der Waals surface area contributed by atoms with Crippen LogP contribution in [0.3, 0.4) is 0 Å². The molecular weight excluding hydrogens is 350 g/mol. The minimum atomic E-state index is -0.420. The molecule has 4 rings (SSSR count). The first kappa shape index (κ1) is 16.4. The fourth-order valence-corrected chi connectivity index (χ4v) is 3.29. The van der Waals surface area contributed by atoms with Gasteiger partial charge in [0.2, 0.25) is 5.95 Å². The molecule has 0 unspecified atom stereocenters. The molecule has 3 aromatic rings. The maximum atomic E-state index is 13.1. The first-order chi connectivity index (χ1) is 12.6. The van der Waals surface area contributed by atoms with E-state index in [4.69, 9.17) is 11.6 Å². The van der Waals surface area contributed by atoms with E-state index in [2.05, 4.69) is 20.7 Å². The smallest absolute Gasteiger partial charge is 0.255 e. The number of carbonyl (C=O) groups excluding carboxylic acids is 1. The van der Waals surface area contributed by atoms with Crippen molar-refractivity contribution in [2.45, 2.75) is 13.0 Å². The number of fused-ring (bicyclic) bond motifs is 1. The molecule has 1 amide bonds. The van der Waals surface area contributed by atoms with Crippen molar-refractivity contribution in [1.82, 2.24) is 14.8 Å². The van der Waals surface area contributed by atoms with Gasteiger partial charge in [-0.2, -0.15) is 10.1 Å². The van der Waals surface area contributed by atoms with Crippen molar-refractivity contribution >= 4 is 29.1 Å². The summed E-state index contributed by atoms with van der Waals surface area (Å²) in [6.45, 7) is 1.86. The number of nitrogens with zero attached hydrogens (tertiary/aromatic N) is 3. The Morgan fingerprint density at radius 3 is 2.77 bits per heavy atom. The predicted octanol–water partition coefficient (Wildman–Crippen LogP) is 3.86. The molecule has 7 heteroatoms. The first-order valence-corrected chi connectivity index (χ1v) is 8.50. The summed E-state index contributed by atoms with van der Waals surface area (Å²) >= 11 is 6.18. The zero-order valence-electron chi connectivity index (χ0n) is 14.0. The van der Waals surface area contributed by atoms with Gasteiger partial charge in [0.1, 0.15) is 12.4 Å². The third-order valence-corrected chi connectivity index (χ3v) is 4.47. The molecule has 1 aromatic heterocycles. The average molecular weight is 366 g/mol. The molecule has 0 saturated heterocycles. The summed E-state index contributed by atoms with van der Waals surface area (Å²) in [4.78, 5) is 17.3. The van der Waals surface area contributed by atoms with E-state index in [1.165, 1.54) is 6.33 Å². The summed E-state index contributed by atoms with van der Waals surface area (Å²) in [6, 6.07) is 16.4. The van der Waals surface area contributed by atoms with E-state index < -0.39 is 6.04 Å². The van der Waals surface area contributed by atoms with Gasteiger partial charge in [0, 0.05) is 16.4 Å². The summed E-state index contributed by atoms with van der Waals surface area (Å²) in [5.41, 5.74) is 2.88. The van der Waals surface area contributed by atoms with Crippen LogP contribution in [0.4, 0.5) is 11.6 Å². The lowest BCUT2D eigenvalue weighted by molar-refractivity contribution is -0.113. The van der Waals surface area contributed by atoms with E-state index in [-0.39, 0.29) is 5.91 Å². The Labute approximate surface area is 155 Å². The number of rotatable bonds is 3. The number of nitrogens with one attached hydrogen (secondary N) is 2. The second-order valence-corrected chi connectivity index (χ2v) is 6.41. The van der Waals surface area contributed by atoms with Crippen molar-refractivity contribution in [2.24, 2.45) is 0 Å². The van der Waals surface area contributed by atoms with Crippen molar-refractivity contribution in [3.63, 3.8) is 0 Å². The minimum absolute atomic E-state index is 0.202. The number of anilines is 2. The topological polar surface area (TPSA) is 71.8 Å².